The van der Waals surface area contributed by atoms with Gasteiger partial charge in [0.25, 0.3) is 17.6 Å². The van der Waals surface area contributed by atoms with E-state index in [-0.39, 0.29) is 50.0 Å². The molecule has 17 heteroatoms. The number of allylic oxidation sites excluding steroid dienone is 3. The first kappa shape index (κ1) is 54.0. The zero-order chi connectivity index (χ0) is 48.3. The summed E-state index contributed by atoms with van der Waals surface area (Å²) in [7, 11) is 2.86. The fraction of sp³-hybridized carbons (Fsp3) is 0.792. The molecule has 0 aromatic heterocycles. The first-order chi connectivity index (χ1) is 30.7. The summed E-state index contributed by atoms with van der Waals surface area (Å²) in [4.78, 5) is 82.0. The van der Waals surface area contributed by atoms with Crippen LogP contribution in [0, 0.1) is 29.6 Å². The van der Waals surface area contributed by atoms with Gasteiger partial charge in [0.2, 0.25) is 5.79 Å². The number of ketones is 2. The molecular formula is C48H75FN2O14. The molecule has 15 atom stereocenters. The fourth-order valence-electron chi connectivity index (χ4n) is 10.0. The molecule has 3 heterocycles. The Hall–Kier alpha value is -3.61. The van der Waals surface area contributed by atoms with Crippen molar-refractivity contribution in [1.82, 2.24) is 10.2 Å². The van der Waals surface area contributed by atoms with E-state index in [2.05, 4.69) is 5.32 Å². The van der Waals surface area contributed by atoms with Crippen LogP contribution in [0.3, 0.4) is 0 Å². The molecule has 3 aliphatic heterocycles. The van der Waals surface area contributed by atoms with Crippen LogP contribution in [0.5, 0.6) is 0 Å². The van der Waals surface area contributed by atoms with Crippen LogP contribution in [0.2, 0.25) is 0 Å². The lowest BCUT2D eigenvalue weighted by Crippen LogP contribution is -2.64. The normalized spacial score (nSPS) is 38.4. The summed E-state index contributed by atoms with van der Waals surface area (Å²) in [5, 5.41) is 26.8. The Bertz CT molecular complexity index is 1740. The summed E-state index contributed by atoms with van der Waals surface area (Å²) >= 11 is 0. The highest BCUT2D eigenvalue weighted by molar-refractivity contribution is 6.39. The van der Waals surface area contributed by atoms with Gasteiger partial charge in [0, 0.05) is 58.5 Å². The van der Waals surface area contributed by atoms with Crippen molar-refractivity contribution in [2.24, 2.45) is 29.6 Å². The smallest absolute Gasteiger partial charge is 0.329 e. The third-order valence-electron chi connectivity index (χ3n) is 14.0. The van der Waals surface area contributed by atoms with E-state index < -0.39 is 114 Å². The van der Waals surface area contributed by atoms with E-state index in [1.165, 1.54) is 21.1 Å². The number of halogens is 1. The van der Waals surface area contributed by atoms with Gasteiger partial charge < -0.3 is 48.9 Å². The van der Waals surface area contributed by atoms with Crippen LogP contribution < -0.4 is 5.32 Å². The number of nitrogens with one attached hydrogen (secondary N) is 1. The summed E-state index contributed by atoms with van der Waals surface area (Å²) in [6, 6.07) is -1.58. The number of rotatable bonds is 10. The lowest BCUT2D eigenvalue weighted by Gasteiger charge is -2.47. The first-order valence-electron chi connectivity index (χ1n) is 23.5. The van der Waals surface area contributed by atoms with E-state index in [0.29, 0.717) is 56.3 Å². The van der Waals surface area contributed by atoms with E-state index in [1.807, 2.05) is 13.0 Å². The molecule has 0 aromatic carbocycles. The highest BCUT2D eigenvalue weighted by atomic mass is 19.1. The van der Waals surface area contributed by atoms with Crippen LogP contribution in [-0.2, 0) is 57.2 Å². The molecule has 16 nitrogen and oxygen atoms in total. The predicted octanol–water partition coefficient (Wildman–Crippen LogP) is 4.50. The maximum absolute atomic E-state index is 16.3. The first-order valence-corrected chi connectivity index (χ1v) is 23.5. The van der Waals surface area contributed by atoms with E-state index in [0.717, 1.165) is 4.90 Å². The minimum Gasteiger partial charge on any atom is -0.456 e. The molecule has 65 heavy (non-hydrogen) atoms. The molecule has 0 spiro atoms. The average Bonchev–Trinajstić information content (AvgIpc) is 3.28. The largest absolute Gasteiger partial charge is 0.456 e. The second-order valence-corrected chi connectivity index (χ2v) is 18.7. The van der Waals surface area contributed by atoms with Crippen molar-refractivity contribution in [2.45, 2.75) is 180 Å². The van der Waals surface area contributed by atoms with Crippen molar-refractivity contribution in [3.05, 3.63) is 23.3 Å². The van der Waals surface area contributed by atoms with Crippen LogP contribution in [0.1, 0.15) is 120 Å². The Morgan fingerprint density at radius 3 is 2.29 bits per heavy atom. The van der Waals surface area contributed by atoms with Gasteiger partial charge >= 0.3 is 11.9 Å². The van der Waals surface area contributed by atoms with Gasteiger partial charge in [-0.15, -0.1) is 0 Å². The van der Waals surface area contributed by atoms with Crippen LogP contribution in [0.15, 0.2) is 23.3 Å². The number of piperidine rings is 1. The maximum atomic E-state index is 16.3. The number of aliphatic hydroxyl groups is 2. The molecule has 2 saturated heterocycles. The number of amides is 2. The number of ether oxygens (including phenoxy) is 6. The summed E-state index contributed by atoms with van der Waals surface area (Å²) in [6.45, 7) is 13.1. The molecule has 3 fully saturated rings. The summed E-state index contributed by atoms with van der Waals surface area (Å²) < 4.78 is 51.2. The second-order valence-electron chi connectivity index (χ2n) is 18.7. The number of fused-ring (bicyclic) bond motifs is 3. The van der Waals surface area contributed by atoms with Gasteiger partial charge in [-0.1, -0.05) is 39.8 Å². The van der Waals surface area contributed by atoms with Crippen molar-refractivity contribution in [3.63, 3.8) is 0 Å². The van der Waals surface area contributed by atoms with Gasteiger partial charge in [0.1, 0.15) is 30.2 Å². The molecular weight excluding hydrogens is 848 g/mol. The van der Waals surface area contributed by atoms with Gasteiger partial charge in [-0.2, -0.15) is 0 Å². The lowest BCUT2D eigenvalue weighted by molar-refractivity contribution is -0.302. The fourth-order valence-corrected chi connectivity index (χ4v) is 10.0. The topological polar surface area (TPSA) is 214 Å². The van der Waals surface area contributed by atoms with Crippen LogP contribution in [-0.4, -0.2) is 145 Å². The van der Waals surface area contributed by atoms with Crippen LogP contribution >= 0.6 is 0 Å². The Morgan fingerprint density at radius 1 is 0.985 bits per heavy atom. The van der Waals surface area contributed by atoms with Crippen molar-refractivity contribution in [2.75, 3.05) is 34.0 Å². The number of alkyl halides is 1. The SMILES string of the molecule is CCOC1CC(C=C(C)C2OC(=O)C3CCCCN3C(=O)C(=O)C3(O)OC(C(OC)CC(C)C(F)/C(C)=C/C(CC)C(=O)CC(O)C2C)C(OC)CC3C)CCC1NC(=O)COC(C)=O. The lowest BCUT2D eigenvalue weighted by atomic mass is 9.80. The molecule has 2 bridgehead atoms. The Labute approximate surface area is 383 Å². The number of cyclic esters (lactones) is 1. The van der Waals surface area contributed by atoms with Crippen LogP contribution in [0.4, 0.5) is 4.39 Å². The standard InChI is InChI=1S/C48H75FN2O14/c1-11-33-20-26(3)42(49)27(4)21-39(60-9)44-40(61-10)22-29(6)48(59,65-44)45(56)46(57)51-18-14-13-15-35(51)47(58)64-43(30(7)36(53)24-37(33)54)28(5)19-32-16-17-34(38(23-32)62-12-2)50-41(55)25-63-31(8)52/h19-20,27,29-30,32-36,38-40,42-44,53,59H,11-18,21-25H2,1-10H3,(H,50,55)/b26-20+,28-19?. The molecule has 4 aliphatic rings. The number of methoxy groups -OCH3 is 2. The molecule has 1 aliphatic carbocycles. The van der Waals surface area contributed by atoms with Gasteiger partial charge in [0.05, 0.1) is 30.5 Å². The van der Waals surface area contributed by atoms with Gasteiger partial charge in [0.15, 0.2) is 6.61 Å². The number of carbonyl (C=O) groups excluding carboxylic acids is 6. The van der Waals surface area contributed by atoms with Crippen molar-refractivity contribution >= 4 is 35.3 Å². The van der Waals surface area contributed by atoms with Crippen molar-refractivity contribution in [1.29, 1.82) is 0 Å². The third-order valence-corrected chi connectivity index (χ3v) is 14.0. The second kappa shape index (κ2) is 24.4. The minimum atomic E-state index is -2.63. The van der Waals surface area contributed by atoms with Crippen molar-refractivity contribution in [3.8, 4) is 0 Å². The van der Waals surface area contributed by atoms with Gasteiger partial charge in [-0.05, 0) is 102 Å². The van der Waals surface area contributed by atoms with E-state index in [9.17, 15) is 39.0 Å². The highest BCUT2D eigenvalue weighted by Gasteiger charge is 2.57. The monoisotopic (exact) mass is 923 g/mol. The number of Topliss-reactive ketones (excluding diaryl/α,β-unsaturated/α-hetero) is 2. The Kier molecular flexibility index (Phi) is 20.3. The maximum Gasteiger partial charge on any atom is 0.329 e. The molecule has 15 unspecified atom stereocenters. The summed E-state index contributed by atoms with van der Waals surface area (Å²) in [6.07, 6.45) is -0.519. The molecule has 0 aromatic rings. The zero-order valence-corrected chi connectivity index (χ0v) is 40.0. The Balaban J connectivity index is 1.74. The Morgan fingerprint density at radius 2 is 1.66 bits per heavy atom. The van der Waals surface area contributed by atoms with Gasteiger partial charge in [-0.25, -0.2) is 9.18 Å². The number of nitrogens with zero attached hydrogens (tertiary/aromatic N) is 1. The molecule has 1 saturated carbocycles. The van der Waals surface area contributed by atoms with Gasteiger partial charge in [-0.3, -0.25) is 24.0 Å². The van der Waals surface area contributed by atoms with E-state index in [4.69, 9.17) is 28.4 Å². The van der Waals surface area contributed by atoms with E-state index >= 15 is 4.39 Å². The van der Waals surface area contributed by atoms with Crippen molar-refractivity contribution < 1.29 is 71.8 Å². The number of aliphatic hydroxyl groups excluding tert-OH is 1. The third kappa shape index (κ3) is 13.5. The molecule has 0 radical (unpaired) electrons. The van der Waals surface area contributed by atoms with E-state index in [1.54, 1.807) is 47.6 Å². The highest BCUT2D eigenvalue weighted by Crippen LogP contribution is 2.39. The summed E-state index contributed by atoms with van der Waals surface area (Å²) in [5.41, 5.74) is 0.881. The molecule has 3 N–H and O–H groups in total. The molecule has 368 valence electrons. The number of hydrogen-bond donors (Lipinski definition) is 3. The molecule has 2 amide bonds. The quantitative estimate of drug-likeness (QED) is 0.157. The average molecular weight is 923 g/mol. The van der Waals surface area contributed by atoms with Crippen LogP contribution in [0.25, 0.3) is 0 Å². The zero-order valence-electron chi connectivity index (χ0n) is 40.0. The number of carbonyl (C=O) groups is 6. The number of hydrogen-bond acceptors (Lipinski definition) is 14. The predicted molar refractivity (Wildman–Crippen MR) is 236 cm³/mol. The summed E-state index contributed by atoms with van der Waals surface area (Å²) in [5.74, 6) is -10.5. The molecule has 4 rings (SSSR count). The minimum absolute atomic E-state index is 0.0193. The number of esters is 2.